The van der Waals surface area contributed by atoms with Crippen LogP contribution in [0, 0.1) is 0 Å². The minimum absolute atomic E-state index is 0.595. The van der Waals surface area contributed by atoms with Crippen LogP contribution in [-0.2, 0) is 9.09 Å². The van der Waals surface area contributed by atoms with Crippen LogP contribution < -0.4 is 5.73 Å². The van der Waals surface area contributed by atoms with Crippen molar-refractivity contribution in [2.45, 2.75) is 26.2 Å². The molecule has 0 saturated heterocycles. The molecule has 0 aliphatic carbocycles. The molecule has 4 heteroatoms. The lowest BCUT2D eigenvalue weighted by molar-refractivity contribution is 0.320. The molecule has 2 N–H and O–H groups in total. The smallest absolute Gasteiger partial charge is 0.330 e. The largest absolute Gasteiger partial charge is 0.508 e. The first kappa shape index (κ1) is 11.0. The molecule has 0 aromatic heterocycles. The quantitative estimate of drug-likeness (QED) is 0.478. The Morgan fingerprint density at radius 1 is 1.45 bits per heavy atom. The molecule has 0 aliphatic rings. The first-order valence-corrected chi connectivity index (χ1v) is 5.45. The topological polar surface area (TPSA) is 52.3 Å². The Morgan fingerprint density at radius 3 is 2.73 bits per heavy atom. The Kier molecular flexibility index (Phi) is 8.13. The molecule has 0 amide bonds. The van der Waals surface area contributed by atoms with Crippen molar-refractivity contribution in [2.24, 2.45) is 5.73 Å². The van der Waals surface area contributed by atoms with E-state index < -0.39 is 8.03 Å². The fourth-order valence-corrected chi connectivity index (χ4v) is 1.50. The van der Waals surface area contributed by atoms with E-state index in [2.05, 4.69) is 6.92 Å². The van der Waals surface area contributed by atoms with Gasteiger partial charge in [0.25, 0.3) is 0 Å². The van der Waals surface area contributed by atoms with Crippen LogP contribution >= 0.6 is 8.03 Å². The van der Waals surface area contributed by atoms with Gasteiger partial charge in [-0.15, -0.1) is 4.52 Å². The van der Waals surface area contributed by atoms with Gasteiger partial charge in [0.15, 0.2) is 6.16 Å². The van der Waals surface area contributed by atoms with Crippen molar-refractivity contribution in [1.29, 1.82) is 0 Å². The standard InChI is InChI=1S/C7H17NO2P/c1-2-3-6-10-11(9)7-4-5-8/h2-8H2,1H3/q+1. The fourth-order valence-electron chi connectivity index (χ4n) is 0.596. The molecule has 0 rings (SSSR count). The van der Waals surface area contributed by atoms with E-state index in [1.807, 2.05) is 0 Å². The highest BCUT2D eigenvalue weighted by atomic mass is 31.1. The molecule has 0 aromatic carbocycles. The molecule has 3 nitrogen and oxygen atoms in total. The zero-order chi connectivity index (χ0) is 8.53. The Labute approximate surface area is 69.2 Å². The van der Waals surface area contributed by atoms with Crippen LogP contribution in [0.5, 0.6) is 0 Å². The fraction of sp³-hybridized carbons (Fsp3) is 1.00. The summed E-state index contributed by atoms with van der Waals surface area (Å²) in [4.78, 5) is 0. The van der Waals surface area contributed by atoms with Gasteiger partial charge in [0.05, 0.1) is 0 Å². The van der Waals surface area contributed by atoms with Crippen LogP contribution in [-0.4, -0.2) is 19.3 Å². The zero-order valence-electron chi connectivity index (χ0n) is 7.08. The van der Waals surface area contributed by atoms with E-state index in [0.29, 0.717) is 19.3 Å². The molecule has 0 heterocycles. The Morgan fingerprint density at radius 2 is 2.18 bits per heavy atom. The summed E-state index contributed by atoms with van der Waals surface area (Å²) in [6.07, 6.45) is 3.47. The normalized spacial score (nSPS) is 11.6. The predicted molar refractivity (Wildman–Crippen MR) is 47.0 cm³/mol. The summed E-state index contributed by atoms with van der Waals surface area (Å²) in [6, 6.07) is 0. The molecule has 0 fully saturated rings. The van der Waals surface area contributed by atoms with Crippen molar-refractivity contribution in [2.75, 3.05) is 19.3 Å². The van der Waals surface area contributed by atoms with Gasteiger partial charge in [0.1, 0.15) is 6.61 Å². The summed E-state index contributed by atoms with van der Waals surface area (Å²) in [5.74, 6) is 0. The van der Waals surface area contributed by atoms with E-state index in [1.54, 1.807) is 0 Å². The monoisotopic (exact) mass is 178 g/mol. The summed E-state index contributed by atoms with van der Waals surface area (Å²) in [5, 5.41) is 0. The number of hydrogen-bond acceptors (Lipinski definition) is 3. The van der Waals surface area contributed by atoms with Crippen molar-refractivity contribution >= 4 is 8.03 Å². The molecule has 0 radical (unpaired) electrons. The van der Waals surface area contributed by atoms with Crippen LogP contribution in [0.3, 0.4) is 0 Å². The predicted octanol–water partition coefficient (Wildman–Crippen LogP) is 1.89. The van der Waals surface area contributed by atoms with E-state index in [-0.39, 0.29) is 0 Å². The van der Waals surface area contributed by atoms with Crippen molar-refractivity contribution in [3.63, 3.8) is 0 Å². The first-order chi connectivity index (χ1) is 5.31. The van der Waals surface area contributed by atoms with Gasteiger partial charge in [0.2, 0.25) is 0 Å². The lowest BCUT2D eigenvalue weighted by Crippen LogP contribution is -2.00. The van der Waals surface area contributed by atoms with Crippen LogP contribution in [0.4, 0.5) is 0 Å². The maximum Gasteiger partial charge on any atom is 0.508 e. The van der Waals surface area contributed by atoms with Crippen LogP contribution in [0.1, 0.15) is 26.2 Å². The van der Waals surface area contributed by atoms with Gasteiger partial charge in [0, 0.05) is 6.42 Å². The first-order valence-electron chi connectivity index (χ1n) is 4.09. The lowest BCUT2D eigenvalue weighted by atomic mass is 10.4. The molecule has 0 aromatic rings. The third-order valence-electron chi connectivity index (χ3n) is 1.28. The van der Waals surface area contributed by atoms with Gasteiger partial charge in [-0.2, -0.15) is 0 Å². The number of unbranched alkanes of at least 4 members (excludes halogenated alkanes) is 1. The average Bonchev–Trinajstić information content (AvgIpc) is 2.01. The molecule has 66 valence electrons. The van der Waals surface area contributed by atoms with Crippen molar-refractivity contribution in [1.82, 2.24) is 0 Å². The molecule has 0 spiro atoms. The summed E-state index contributed by atoms with van der Waals surface area (Å²) < 4.78 is 16.0. The summed E-state index contributed by atoms with van der Waals surface area (Å²) >= 11 is 0. The van der Waals surface area contributed by atoms with Gasteiger partial charge >= 0.3 is 8.03 Å². The molecule has 11 heavy (non-hydrogen) atoms. The SMILES string of the molecule is CCCCO[P+](=O)CCCN. The minimum Gasteiger partial charge on any atom is -0.330 e. The van der Waals surface area contributed by atoms with E-state index in [1.165, 1.54) is 0 Å². The highest BCUT2D eigenvalue weighted by molar-refractivity contribution is 7.39. The lowest BCUT2D eigenvalue weighted by Gasteiger charge is -1.89. The molecular weight excluding hydrogens is 161 g/mol. The minimum atomic E-state index is -1.43. The maximum absolute atomic E-state index is 10.9. The Balaban J connectivity index is 3.09. The molecule has 0 saturated carbocycles. The second-order valence-corrected chi connectivity index (χ2v) is 3.76. The van der Waals surface area contributed by atoms with Gasteiger partial charge < -0.3 is 5.73 Å². The van der Waals surface area contributed by atoms with Gasteiger partial charge in [-0.1, -0.05) is 13.3 Å². The third-order valence-corrected chi connectivity index (χ3v) is 2.43. The number of hydrogen-bond donors (Lipinski definition) is 1. The molecular formula is C7H17NO2P+. The highest BCUT2D eigenvalue weighted by Gasteiger charge is 2.14. The summed E-state index contributed by atoms with van der Waals surface area (Å²) in [5.41, 5.74) is 5.25. The molecule has 1 atom stereocenters. The van der Waals surface area contributed by atoms with E-state index >= 15 is 0 Å². The number of nitrogens with two attached hydrogens (primary N) is 1. The van der Waals surface area contributed by atoms with E-state index in [0.717, 1.165) is 19.3 Å². The molecule has 0 aliphatic heterocycles. The van der Waals surface area contributed by atoms with Crippen LogP contribution in [0.15, 0.2) is 0 Å². The summed E-state index contributed by atoms with van der Waals surface area (Å²) in [7, 11) is -1.43. The summed E-state index contributed by atoms with van der Waals surface area (Å²) in [6.45, 7) is 3.30. The van der Waals surface area contributed by atoms with Gasteiger partial charge in [-0.05, 0) is 17.5 Å². The highest BCUT2D eigenvalue weighted by Crippen LogP contribution is 2.22. The van der Waals surface area contributed by atoms with Crippen molar-refractivity contribution < 1.29 is 9.09 Å². The van der Waals surface area contributed by atoms with E-state index in [9.17, 15) is 4.57 Å². The van der Waals surface area contributed by atoms with Crippen LogP contribution in [0.2, 0.25) is 0 Å². The molecule has 0 bridgehead atoms. The Bertz CT molecular complexity index is 109. The van der Waals surface area contributed by atoms with Crippen LogP contribution in [0.25, 0.3) is 0 Å². The van der Waals surface area contributed by atoms with E-state index in [4.69, 9.17) is 10.3 Å². The third kappa shape index (κ3) is 7.92. The van der Waals surface area contributed by atoms with Gasteiger partial charge in [-0.25, -0.2) is 0 Å². The van der Waals surface area contributed by atoms with Crippen molar-refractivity contribution in [3.05, 3.63) is 0 Å². The second-order valence-electron chi connectivity index (χ2n) is 2.39. The maximum atomic E-state index is 10.9. The Hall–Kier alpha value is 0.0200. The second kappa shape index (κ2) is 8.12. The number of rotatable bonds is 7. The average molecular weight is 178 g/mol. The zero-order valence-corrected chi connectivity index (χ0v) is 7.98. The van der Waals surface area contributed by atoms with Gasteiger partial charge in [-0.3, -0.25) is 0 Å². The molecule has 1 unspecified atom stereocenters. The van der Waals surface area contributed by atoms with Crippen molar-refractivity contribution in [3.8, 4) is 0 Å².